The first kappa shape index (κ1) is 14.0. The van der Waals surface area contributed by atoms with Gasteiger partial charge in [-0.1, -0.05) is 13.8 Å². The van der Waals surface area contributed by atoms with Crippen molar-refractivity contribution >= 4 is 5.78 Å². The molecule has 2 rings (SSSR count). The van der Waals surface area contributed by atoms with Gasteiger partial charge in [0.15, 0.2) is 5.78 Å². The van der Waals surface area contributed by atoms with Gasteiger partial charge in [-0.05, 0) is 24.3 Å². The number of nitrogens with zero attached hydrogens (tertiary/aromatic N) is 2. The fraction of sp³-hybridized carbons (Fsp3) is 0.250. The molecule has 3 nitrogen and oxygen atoms in total. The Morgan fingerprint density at radius 2 is 2.15 bits per heavy atom. The molecule has 1 heterocycles. The Bertz CT molecular complexity index is 680. The van der Waals surface area contributed by atoms with E-state index < -0.39 is 0 Å². The van der Waals surface area contributed by atoms with Gasteiger partial charge in [0.25, 0.3) is 0 Å². The van der Waals surface area contributed by atoms with Crippen molar-refractivity contribution in [3.05, 3.63) is 59.2 Å². The van der Waals surface area contributed by atoms with E-state index in [2.05, 4.69) is 0 Å². The van der Waals surface area contributed by atoms with Crippen molar-refractivity contribution in [2.24, 2.45) is 5.92 Å². The minimum absolute atomic E-state index is 0.0648. The van der Waals surface area contributed by atoms with Crippen molar-refractivity contribution in [3.63, 3.8) is 0 Å². The summed E-state index contributed by atoms with van der Waals surface area (Å²) < 4.78 is 15.4. The average molecular weight is 270 g/mol. The topological polar surface area (TPSA) is 45.8 Å². The van der Waals surface area contributed by atoms with Crippen molar-refractivity contribution < 1.29 is 9.18 Å². The van der Waals surface area contributed by atoms with Crippen LogP contribution in [0.3, 0.4) is 0 Å². The van der Waals surface area contributed by atoms with Crippen LogP contribution in [-0.4, -0.2) is 10.4 Å². The molecule has 0 atom stereocenters. The Morgan fingerprint density at radius 3 is 2.80 bits per heavy atom. The lowest BCUT2D eigenvalue weighted by molar-refractivity contribution is 0.0939. The molecule has 0 unspecified atom stereocenters. The predicted octanol–water partition coefficient (Wildman–Crippen LogP) is 3.39. The number of aromatic nitrogens is 1. The highest BCUT2D eigenvalue weighted by Crippen LogP contribution is 2.14. The largest absolute Gasteiger partial charge is 0.349 e. The third kappa shape index (κ3) is 2.94. The maximum Gasteiger partial charge on any atom is 0.166 e. The summed E-state index contributed by atoms with van der Waals surface area (Å²) in [5.74, 6) is -0.353. The minimum atomic E-state index is -0.352. The molecule has 4 heteroatoms. The molecule has 0 bridgehead atoms. The second kappa shape index (κ2) is 5.70. The molecule has 20 heavy (non-hydrogen) atoms. The van der Waals surface area contributed by atoms with Crippen LogP contribution in [0.15, 0.2) is 36.7 Å². The molecule has 0 radical (unpaired) electrons. The van der Waals surface area contributed by atoms with Crippen LogP contribution in [-0.2, 0) is 6.54 Å². The smallest absolute Gasteiger partial charge is 0.166 e. The highest BCUT2D eigenvalue weighted by molar-refractivity contribution is 5.97. The van der Waals surface area contributed by atoms with Gasteiger partial charge in [0.05, 0.1) is 11.6 Å². The van der Waals surface area contributed by atoms with Crippen molar-refractivity contribution in [1.82, 2.24) is 4.57 Å². The molecule has 0 aliphatic heterocycles. The SMILES string of the molecule is CC(C)C(=O)c1ccn(Cc2cc(C#N)ccc2F)c1. The van der Waals surface area contributed by atoms with E-state index in [-0.39, 0.29) is 17.5 Å². The number of nitriles is 1. The van der Waals surface area contributed by atoms with Crippen LogP contribution in [0.25, 0.3) is 0 Å². The molecular weight excluding hydrogens is 255 g/mol. The molecule has 0 amide bonds. The minimum Gasteiger partial charge on any atom is -0.349 e. The summed E-state index contributed by atoms with van der Waals surface area (Å²) in [7, 11) is 0. The standard InChI is InChI=1S/C16H15FN2O/c1-11(2)16(20)13-5-6-19(9-13)10-14-7-12(8-18)3-4-15(14)17/h3-7,9,11H,10H2,1-2H3. The number of carbonyl (C=O) groups excluding carboxylic acids is 1. The lowest BCUT2D eigenvalue weighted by Gasteiger charge is -2.05. The zero-order chi connectivity index (χ0) is 14.7. The molecule has 102 valence electrons. The van der Waals surface area contributed by atoms with Crippen LogP contribution in [0, 0.1) is 23.1 Å². The first-order chi connectivity index (χ1) is 9.51. The van der Waals surface area contributed by atoms with Crippen molar-refractivity contribution in [2.75, 3.05) is 0 Å². The molecule has 0 spiro atoms. The van der Waals surface area contributed by atoms with E-state index in [1.54, 1.807) is 23.0 Å². The quantitative estimate of drug-likeness (QED) is 0.799. The van der Waals surface area contributed by atoms with Crippen LogP contribution in [0.5, 0.6) is 0 Å². The normalized spacial score (nSPS) is 10.6. The summed E-state index contributed by atoms with van der Waals surface area (Å²) in [4.78, 5) is 11.8. The first-order valence-corrected chi connectivity index (χ1v) is 6.39. The van der Waals surface area contributed by atoms with E-state index in [0.29, 0.717) is 23.2 Å². The fourth-order valence-electron chi connectivity index (χ4n) is 1.98. The van der Waals surface area contributed by atoms with Gasteiger partial charge in [-0.2, -0.15) is 5.26 Å². The average Bonchev–Trinajstić information content (AvgIpc) is 2.88. The zero-order valence-corrected chi connectivity index (χ0v) is 11.4. The van der Waals surface area contributed by atoms with Gasteiger partial charge in [0.1, 0.15) is 5.82 Å². The Morgan fingerprint density at radius 1 is 1.40 bits per heavy atom. The van der Waals surface area contributed by atoms with E-state index in [1.165, 1.54) is 18.2 Å². The van der Waals surface area contributed by atoms with Gasteiger partial charge in [0, 0.05) is 36.0 Å². The molecule has 0 aliphatic rings. The van der Waals surface area contributed by atoms with Gasteiger partial charge in [-0.3, -0.25) is 4.79 Å². The molecule has 1 aromatic heterocycles. The van der Waals surface area contributed by atoms with E-state index in [9.17, 15) is 9.18 Å². The van der Waals surface area contributed by atoms with Crippen molar-refractivity contribution in [2.45, 2.75) is 20.4 Å². The Labute approximate surface area is 117 Å². The number of Topliss-reactive ketones (excluding diaryl/α,β-unsaturated/α-hetero) is 1. The number of hydrogen-bond acceptors (Lipinski definition) is 2. The van der Waals surface area contributed by atoms with E-state index in [4.69, 9.17) is 5.26 Å². The third-order valence-corrected chi connectivity index (χ3v) is 3.09. The van der Waals surface area contributed by atoms with Gasteiger partial charge in [-0.25, -0.2) is 4.39 Å². The third-order valence-electron chi connectivity index (χ3n) is 3.09. The Hall–Kier alpha value is -2.41. The Balaban J connectivity index is 2.23. The van der Waals surface area contributed by atoms with Gasteiger partial charge >= 0.3 is 0 Å². The fourth-order valence-corrected chi connectivity index (χ4v) is 1.98. The van der Waals surface area contributed by atoms with Crippen LogP contribution in [0.4, 0.5) is 4.39 Å². The second-order valence-electron chi connectivity index (χ2n) is 5.01. The van der Waals surface area contributed by atoms with Crippen LogP contribution < -0.4 is 0 Å². The summed E-state index contributed by atoms with van der Waals surface area (Å²) in [6.45, 7) is 3.98. The van der Waals surface area contributed by atoms with Gasteiger partial charge in [-0.15, -0.1) is 0 Å². The lowest BCUT2D eigenvalue weighted by atomic mass is 10.0. The van der Waals surface area contributed by atoms with E-state index in [0.717, 1.165) is 0 Å². The molecule has 0 fully saturated rings. The summed E-state index contributed by atoms with van der Waals surface area (Å²) >= 11 is 0. The Kier molecular flexibility index (Phi) is 3.99. The summed E-state index contributed by atoms with van der Waals surface area (Å²) in [6, 6.07) is 7.98. The molecule has 1 aromatic carbocycles. The van der Waals surface area contributed by atoms with Crippen LogP contribution >= 0.6 is 0 Å². The van der Waals surface area contributed by atoms with E-state index >= 15 is 0 Å². The van der Waals surface area contributed by atoms with Crippen molar-refractivity contribution in [1.29, 1.82) is 5.26 Å². The zero-order valence-electron chi connectivity index (χ0n) is 11.4. The molecule has 0 saturated heterocycles. The highest BCUT2D eigenvalue weighted by atomic mass is 19.1. The summed E-state index contributed by atoms with van der Waals surface area (Å²) in [5.41, 5.74) is 1.48. The number of ketones is 1. The summed E-state index contributed by atoms with van der Waals surface area (Å²) in [6.07, 6.45) is 3.45. The number of rotatable bonds is 4. The maximum absolute atomic E-state index is 13.7. The molecular formula is C16H15FN2O. The van der Waals surface area contributed by atoms with Gasteiger partial charge in [0.2, 0.25) is 0 Å². The monoisotopic (exact) mass is 270 g/mol. The number of halogens is 1. The first-order valence-electron chi connectivity index (χ1n) is 6.39. The number of carbonyl (C=O) groups is 1. The summed E-state index contributed by atoms with van der Waals surface area (Å²) in [5, 5.41) is 8.83. The lowest BCUT2D eigenvalue weighted by Crippen LogP contribution is -2.06. The predicted molar refractivity (Wildman–Crippen MR) is 73.8 cm³/mol. The van der Waals surface area contributed by atoms with Crippen molar-refractivity contribution in [3.8, 4) is 6.07 Å². The molecule has 0 aliphatic carbocycles. The molecule has 2 aromatic rings. The highest BCUT2D eigenvalue weighted by Gasteiger charge is 2.12. The van der Waals surface area contributed by atoms with Crippen LogP contribution in [0.1, 0.15) is 35.3 Å². The molecule has 0 saturated carbocycles. The molecule has 0 N–H and O–H groups in total. The number of benzene rings is 1. The van der Waals surface area contributed by atoms with Crippen LogP contribution in [0.2, 0.25) is 0 Å². The van der Waals surface area contributed by atoms with Gasteiger partial charge < -0.3 is 4.57 Å². The van der Waals surface area contributed by atoms with E-state index in [1.807, 2.05) is 19.9 Å². The second-order valence-corrected chi connectivity index (χ2v) is 5.01. The number of hydrogen-bond donors (Lipinski definition) is 0. The maximum atomic E-state index is 13.7.